The number of rotatable bonds is 26. The summed E-state index contributed by atoms with van der Waals surface area (Å²) in [6.45, 7) is 13.8. The highest BCUT2D eigenvalue weighted by Crippen LogP contribution is 2.45. The van der Waals surface area contributed by atoms with E-state index in [-0.39, 0.29) is 60.5 Å². The highest BCUT2D eigenvalue weighted by atomic mass is 16.5. The molecule has 8 heteroatoms. The lowest BCUT2D eigenvalue weighted by Crippen LogP contribution is -2.47. The molecular weight excluding hydrogens is 701 g/mol. The first-order valence-corrected chi connectivity index (χ1v) is 23.0. The molecule has 7 atom stereocenters. The zero-order chi connectivity index (χ0) is 40.9. The van der Waals surface area contributed by atoms with Gasteiger partial charge in [-0.1, -0.05) is 109 Å². The van der Waals surface area contributed by atoms with Gasteiger partial charge in [-0.3, -0.25) is 14.4 Å². The largest absolute Gasteiger partial charge is 0.461 e. The number of nitrogens with one attached hydrogen (secondary N) is 1. The Morgan fingerprint density at radius 3 is 2.18 bits per heavy atom. The Morgan fingerprint density at radius 1 is 0.911 bits per heavy atom. The van der Waals surface area contributed by atoms with E-state index in [4.69, 9.17) is 4.74 Å². The van der Waals surface area contributed by atoms with E-state index in [9.17, 15) is 24.6 Å². The van der Waals surface area contributed by atoms with Crippen LogP contribution in [0.25, 0.3) is 0 Å². The zero-order valence-electron chi connectivity index (χ0n) is 36.5. The number of hydrogen-bond acceptors (Lipinski definition) is 6. The van der Waals surface area contributed by atoms with Crippen LogP contribution in [-0.4, -0.2) is 70.3 Å². The summed E-state index contributed by atoms with van der Waals surface area (Å²) in [5, 5.41) is 24.8. The molecule has 0 aromatic heterocycles. The Hall–Kier alpha value is -2.45. The highest BCUT2D eigenvalue weighted by Gasteiger charge is 2.43. The van der Waals surface area contributed by atoms with Crippen LogP contribution in [0.3, 0.4) is 0 Å². The molecule has 0 radical (unpaired) electrons. The maximum absolute atomic E-state index is 13.1. The van der Waals surface area contributed by atoms with E-state index in [0.717, 1.165) is 38.5 Å². The number of likely N-dealkylation sites (tertiary alicyclic amines) is 1. The summed E-state index contributed by atoms with van der Waals surface area (Å²) in [6, 6.07) is -0.00484. The minimum absolute atomic E-state index is 0.00484. The number of piperidine rings is 1. The molecule has 3 rings (SSSR count). The van der Waals surface area contributed by atoms with Gasteiger partial charge in [-0.05, 0) is 114 Å². The van der Waals surface area contributed by atoms with E-state index in [1.807, 2.05) is 25.7 Å². The van der Waals surface area contributed by atoms with Gasteiger partial charge >= 0.3 is 5.97 Å². The molecule has 0 saturated carbocycles. The van der Waals surface area contributed by atoms with Crippen LogP contribution in [-0.2, 0) is 19.1 Å². The molecule has 0 aromatic rings. The summed E-state index contributed by atoms with van der Waals surface area (Å²) in [5.41, 5.74) is 0.688. The first-order chi connectivity index (χ1) is 26.8. The number of fused-ring (bicyclic) bond motifs is 1. The van der Waals surface area contributed by atoms with Crippen molar-refractivity contribution in [2.45, 2.75) is 207 Å². The highest BCUT2D eigenvalue weighted by molar-refractivity contribution is 5.77. The predicted octanol–water partition coefficient (Wildman–Crippen LogP) is 10.2. The molecule has 320 valence electrons. The summed E-state index contributed by atoms with van der Waals surface area (Å²) >= 11 is 0. The molecule has 1 saturated heterocycles. The monoisotopic (exact) mass is 783 g/mol. The van der Waals surface area contributed by atoms with Crippen molar-refractivity contribution in [2.24, 2.45) is 29.1 Å². The van der Waals surface area contributed by atoms with Crippen LogP contribution in [0.1, 0.15) is 183 Å². The standard InChI is InChI=1S/C48H82N2O6/c1-7-9-10-11-12-13-14-15-16-17-18-19-20-21-22-23-45(54)50-30-28-39(29-31-50)49-44(53)35-41(52)34-40(51)26-27-42-37(4)24-25-38-32-36(3)33-43(46(38)42)56-47(55)48(5,6)8-2/h15-16,24-25,32,36-37,39-43,46,51-52H,7-14,17-23,26-31,33-35H2,1-6H3,(H,49,53)/t36?,37?,40-,41+,42?,43?,46?/m0/s1. The van der Waals surface area contributed by atoms with Crippen LogP contribution in [0, 0.1) is 29.1 Å². The fraction of sp³-hybridized carbons (Fsp3) is 0.812. The van der Waals surface area contributed by atoms with Gasteiger partial charge in [-0.15, -0.1) is 0 Å². The summed E-state index contributed by atoms with van der Waals surface area (Å²) in [6.07, 6.45) is 30.6. The molecule has 0 spiro atoms. The normalized spacial score (nSPS) is 24.1. The fourth-order valence-electron chi connectivity index (χ4n) is 8.84. The third-order valence-electron chi connectivity index (χ3n) is 13.0. The fourth-order valence-corrected chi connectivity index (χ4v) is 8.84. The van der Waals surface area contributed by atoms with Crippen molar-refractivity contribution in [3.8, 4) is 0 Å². The van der Waals surface area contributed by atoms with Crippen LogP contribution in [0.2, 0.25) is 0 Å². The average Bonchev–Trinajstić information content (AvgIpc) is 3.16. The van der Waals surface area contributed by atoms with Crippen molar-refractivity contribution >= 4 is 17.8 Å². The van der Waals surface area contributed by atoms with Crippen LogP contribution < -0.4 is 5.32 Å². The summed E-state index contributed by atoms with van der Waals surface area (Å²) in [5.74, 6) is 0.732. The molecule has 3 N–H and O–H groups in total. The van der Waals surface area contributed by atoms with E-state index >= 15 is 0 Å². The molecule has 1 fully saturated rings. The lowest BCUT2D eigenvalue weighted by Gasteiger charge is -2.44. The Balaban J connectivity index is 1.28. The summed E-state index contributed by atoms with van der Waals surface area (Å²) in [7, 11) is 0. The number of hydrogen-bond donors (Lipinski definition) is 3. The van der Waals surface area contributed by atoms with Crippen LogP contribution >= 0.6 is 0 Å². The second-order valence-electron chi connectivity index (χ2n) is 18.4. The third-order valence-corrected chi connectivity index (χ3v) is 13.0. The van der Waals surface area contributed by atoms with E-state index in [0.29, 0.717) is 38.3 Å². The number of unbranched alkanes of at least 4 members (excludes halogenated alkanes) is 11. The van der Waals surface area contributed by atoms with Gasteiger partial charge in [0.25, 0.3) is 0 Å². The lowest BCUT2D eigenvalue weighted by atomic mass is 9.65. The topological polar surface area (TPSA) is 116 Å². The Labute approximate surface area is 341 Å². The molecule has 1 aliphatic heterocycles. The number of aliphatic hydroxyl groups excluding tert-OH is 2. The quantitative estimate of drug-likeness (QED) is 0.0457. The van der Waals surface area contributed by atoms with E-state index in [1.54, 1.807) is 0 Å². The summed E-state index contributed by atoms with van der Waals surface area (Å²) < 4.78 is 6.23. The smallest absolute Gasteiger partial charge is 0.311 e. The summed E-state index contributed by atoms with van der Waals surface area (Å²) in [4.78, 5) is 40.7. The van der Waals surface area contributed by atoms with Crippen molar-refractivity contribution in [3.05, 3.63) is 36.0 Å². The molecule has 0 bridgehead atoms. The first kappa shape index (κ1) is 47.9. The van der Waals surface area contributed by atoms with Crippen molar-refractivity contribution in [1.82, 2.24) is 10.2 Å². The van der Waals surface area contributed by atoms with Gasteiger partial charge in [-0.25, -0.2) is 0 Å². The average molecular weight is 783 g/mol. The molecule has 8 nitrogen and oxygen atoms in total. The number of aliphatic hydroxyl groups is 2. The first-order valence-electron chi connectivity index (χ1n) is 23.0. The minimum Gasteiger partial charge on any atom is -0.461 e. The number of amides is 2. The minimum atomic E-state index is -0.933. The van der Waals surface area contributed by atoms with Gasteiger partial charge in [0.2, 0.25) is 11.8 Å². The van der Waals surface area contributed by atoms with Gasteiger partial charge in [0.15, 0.2) is 0 Å². The number of allylic oxidation sites excluding steroid dienone is 5. The predicted molar refractivity (Wildman–Crippen MR) is 229 cm³/mol. The van der Waals surface area contributed by atoms with Crippen molar-refractivity contribution < 1.29 is 29.3 Å². The SMILES string of the molecule is CCCCCCCCC=CCCCCCCCC(=O)N1CCC(NC(=O)C[C@H](O)C[C@@H](O)CCC2C(C)C=CC3=CC(C)CC(OC(=O)C(C)(C)CC)C32)CC1. The molecule has 3 aliphatic rings. The second-order valence-corrected chi connectivity index (χ2v) is 18.4. The van der Waals surface area contributed by atoms with Gasteiger partial charge in [0, 0.05) is 31.5 Å². The van der Waals surface area contributed by atoms with Crippen LogP contribution in [0.15, 0.2) is 36.0 Å². The number of ether oxygens (including phenoxy) is 1. The number of esters is 1. The molecule has 56 heavy (non-hydrogen) atoms. The Kier molecular flexibility index (Phi) is 22.1. The lowest BCUT2D eigenvalue weighted by molar-refractivity contribution is -0.164. The van der Waals surface area contributed by atoms with Crippen molar-refractivity contribution in [2.75, 3.05) is 13.1 Å². The van der Waals surface area contributed by atoms with E-state index in [1.165, 1.54) is 76.2 Å². The Morgan fingerprint density at radius 2 is 1.54 bits per heavy atom. The molecule has 5 unspecified atom stereocenters. The second kappa shape index (κ2) is 25.8. The third kappa shape index (κ3) is 17.2. The van der Waals surface area contributed by atoms with Crippen molar-refractivity contribution in [1.29, 1.82) is 0 Å². The van der Waals surface area contributed by atoms with Crippen LogP contribution in [0.5, 0.6) is 0 Å². The maximum Gasteiger partial charge on any atom is 0.311 e. The maximum atomic E-state index is 13.1. The molecule has 0 aromatic carbocycles. The van der Waals surface area contributed by atoms with E-state index < -0.39 is 17.6 Å². The van der Waals surface area contributed by atoms with Crippen molar-refractivity contribution in [3.63, 3.8) is 0 Å². The molecule has 2 amide bonds. The number of carbonyl (C=O) groups is 3. The molecular formula is C48H82N2O6. The van der Waals surface area contributed by atoms with Gasteiger partial charge in [-0.2, -0.15) is 0 Å². The molecule has 1 heterocycles. The molecule has 2 aliphatic carbocycles. The van der Waals surface area contributed by atoms with Gasteiger partial charge in [0.1, 0.15) is 6.10 Å². The zero-order valence-corrected chi connectivity index (χ0v) is 36.5. The van der Waals surface area contributed by atoms with E-state index in [2.05, 4.69) is 56.5 Å². The van der Waals surface area contributed by atoms with Gasteiger partial charge in [0.05, 0.1) is 24.0 Å². The van der Waals surface area contributed by atoms with Crippen LogP contribution in [0.4, 0.5) is 0 Å². The Bertz CT molecular complexity index is 1250. The van der Waals surface area contributed by atoms with Gasteiger partial charge < -0.3 is 25.2 Å². The number of carbonyl (C=O) groups excluding carboxylic acids is 3. The number of nitrogens with zero attached hydrogens (tertiary/aromatic N) is 1.